The molecule has 1 aliphatic heterocycles. The van der Waals surface area contributed by atoms with Crippen LogP contribution in [0.15, 0.2) is 206 Å². The van der Waals surface area contributed by atoms with Crippen LogP contribution in [0.2, 0.25) is 0 Å². The van der Waals surface area contributed by atoms with Gasteiger partial charge in [0.15, 0.2) is 0 Å². The van der Waals surface area contributed by atoms with E-state index in [2.05, 4.69) is 212 Å². The molecule has 11 rings (SSSR count). The molecule has 0 bridgehead atoms. The normalized spacial score (nSPS) is 13.2. The van der Waals surface area contributed by atoms with Gasteiger partial charge in [0.05, 0.1) is 12.2 Å². The highest BCUT2D eigenvalue weighted by atomic mass is 16.5. The number of rotatable bonds is 8. The van der Waals surface area contributed by atoms with Gasteiger partial charge in [-0.25, -0.2) is 0 Å². The number of nitrogens with two attached hydrogens (primary N) is 1. The Kier molecular flexibility index (Phi) is 8.62. The minimum absolute atomic E-state index is 0.209. The number of hydrogen-bond acceptors (Lipinski definition) is 3. The Hall–Kier alpha value is -7.30. The van der Waals surface area contributed by atoms with Gasteiger partial charge in [-0.1, -0.05) is 188 Å². The second-order valence-corrected chi connectivity index (χ2v) is 15.5. The fourth-order valence-electron chi connectivity index (χ4n) is 8.97. The summed E-state index contributed by atoms with van der Waals surface area (Å²) in [5, 5.41) is 13.5. The Bertz CT molecular complexity index is 3220. The highest BCUT2D eigenvalue weighted by Gasteiger charge is 2.22. The summed E-state index contributed by atoms with van der Waals surface area (Å²) in [5.74, 6) is 1.80. The van der Waals surface area contributed by atoms with Gasteiger partial charge in [0.1, 0.15) is 11.5 Å². The van der Waals surface area contributed by atoms with E-state index in [4.69, 9.17) is 10.5 Å². The van der Waals surface area contributed by atoms with Crippen LogP contribution in [0.25, 0.3) is 82.5 Å². The monoisotopic (exact) mass is 756 g/mol. The molecule has 2 unspecified atom stereocenters. The third kappa shape index (κ3) is 6.34. The smallest absolute Gasteiger partial charge is 0.135 e. The van der Waals surface area contributed by atoms with Crippen LogP contribution < -0.4 is 15.8 Å². The van der Waals surface area contributed by atoms with Crippen LogP contribution in [0.4, 0.5) is 0 Å². The maximum atomic E-state index is 7.10. The summed E-state index contributed by atoms with van der Waals surface area (Å²) in [6, 6.07) is 71.1. The Balaban J connectivity index is 0.968. The maximum Gasteiger partial charge on any atom is 0.135 e. The minimum Gasteiger partial charge on any atom is -0.456 e. The van der Waals surface area contributed by atoms with E-state index in [9.17, 15) is 0 Å². The topological polar surface area (TPSA) is 47.3 Å². The molecule has 2 atom stereocenters. The molecule has 3 heteroatoms. The Morgan fingerprint density at radius 2 is 1.10 bits per heavy atom. The molecule has 10 aromatic rings. The van der Waals surface area contributed by atoms with Gasteiger partial charge in [-0.05, 0) is 106 Å². The van der Waals surface area contributed by atoms with Gasteiger partial charge in [0, 0.05) is 10.9 Å². The molecule has 0 saturated heterocycles. The lowest BCUT2D eigenvalue weighted by atomic mass is 9.89. The molecule has 0 aliphatic carbocycles. The van der Waals surface area contributed by atoms with E-state index < -0.39 is 6.17 Å². The third-order valence-electron chi connectivity index (χ3n) is 11.9. The van der Waals surface area contributed by atoms with Crippen LogP contribution >= 0.6 is 0 Å². The first-order valence-corrected chi connectivity index (χ1v) is 20.3. The standard InChI is InChI=1S/C56H40N2O/c57-56(42-27-25-38(26-28-42)37-10-2-1-3-11-37)58-51(55-46-17-7-5-13-44(46)35-49-45-16-6-4-12-40(45)29-31-48(49)55)32-22-36-20-23-39(24-21-36)43-30-33-52-50(34-43)47-18-8-14-41-15-9-19-53(59-52)54(41)47/h1-35,51,56,58H,57H2/b32-22+. The summed E-state index contributed by atoms with van der Waals surface area (Å²) in [4.78, 5) is 0. The SMILES string of the molecule is NC(NC(/C=C/c1ccc(-c2ccc3c(c2)-c2cccc4cccc(c24)O3)cc1)c1c2ccccc2cc2c1ccc1ccccc12)c1ccc(-c2ccccc2)cc1. The van der Waals surface area contributed by atoms with Gasteiger partial charge in [0.25, 0.3) is 0 Å². The summed E-state index contributed by atoms with van der Waals surface area (Å²) in [7, 11) is 0. The minimum atomic E-state index is -0.419. The second-order valence-electron chi connectivity index (χ2n) is 15.5. The van der Waals surface area contributed by atoms with Crippen molar-refractivity contribution in [3.8, 4) is 44.9 Å². The lowest BCUT2D eigenvalue weighted by Crippen LogP contribution is -2.31. The summed E-state index contributed by atoms with van der Waals surface area (Å²) in [5.41, 5.74) is 17.4. The molecule has 0 radical (unpaired) electrons. The predicted octanol–water partition coefficient (Wildman–Crippen LogP) is 14.4. The van der Waals surface area contributed by atoms with Gasteiger partial charge in [-0.15, -0.1) is 0 Å². The van der Waals surface area contributed by atoms with E-state index >= 15 is 0 Å². The molecule has 0 aromatic heterocycles. The van der Waals surface area contributed by atoms with Crippen molar-refractivity contribution >= 4 is 49.2 Å². The number of ether oxygens (including phenoxy) is 1. The lowest BCUT2D eigenvalue weighted by Gasteiger charge is -2.25. The highest BCUT2D eigenvalue weighted by Crippen LogP contribution is 2.47. The zero-order valence-electron chi connectivity index (χ0n) is 32.3. The number of nitrogens with one attached hydrogen (secondary N) is 1. The zero-order chi connectivity index (χ0) is 39.3. The first kappa shape index (κ1) is 34.9. The van der Waals surface area contributed by atoms with Crippen molar-refractivity contribution in [2.75, 3.05) is 0 Å². The predicted molar refractivity (Wildman–Crippen MR) is 248 cm³/mol. The summed E-state index contributed by atoms with van der Waals surface area (Å²) in [6.45, 7) is 0. The molecule has 0 fully saturated rings. The van der Waals surface area contributed by atoms with Gasteiger partial charge < -0.3 is 10.5 Å². The average Bonchev–Trinajstić information content (AvgIpc) is 3.30. The van der Waals surface area contributed by atoms with Gasteiger partial charge in [0.2, 0.25) is 0 Å². The van der Waals surface area contributed by atoms with E-state index in [1.165, 1.54) is 65.3 Å². The first-order valence-electron chi connectivity index (χ1n) is 20.3. The van der Waals surface area contributed by atoms with E-state index in [0.29, 0.717) is 0 Å². The number of hydrogen-bond donors (Lipinski definition) is 2. The van der Waals surface area contributed by atoms with Crippen LogP contribution in [-0.4, -0.2) is 0 Å². The van der Waals surface area contributed by atoms with Gasteiger partial charge in [-0.2, -0.15) is 0 Å². The quantitative estimate of drug-likeness (QED) is 0.0922. The second kappa shape index (κ2) is 14.6. The fraction of sp³-hybridized carbons (Fsp3) is 0.0357. The summed E-state index contributed by atoms with van der Waals surface area (Å²) < 4.78 is 6.38. The Morgan fingerprint density at radius 1 is 0.441 bits per heavy atom. The van der Waals surface area contributed by atoms with Crippen molar-refractivity contribution in [3.63, 3.8) is 0 Å². The molecule has 3 nitrogen and oxygen atoms in total. The van der Waals surface area contributed by atoms with Crippen molar-refractivity contribution in [2.24, 2.45) is 5.73 Å². The number of fused-ring (bicyclic) bond motifs is 6. The largest absolute Gasteiger partial charge is 0.456 e. The summed E-state index contributed by atoms with van der Waals surface area (Å²) >= 11 is 0. The summed E-state index contributed by atoms with van der Waals surface area (Å²) in [6.07, 6.45) is 4.08. The van der Waals surface area contributed by atoms with E-state index in [0.717, 1.165) is 39.3 Å². The third-order valence-corrected chi connectivity index (χ3v) is 11.9. The Labute approximate surface area is 343 Å². The molecule has 59 heavy (non-hydrogen) atoms. The van der Waals surface area contributed by atoms with Crippen LogP contribution in [0.5, 0.6) is 11.5 Å². The van der Waals surface area contributed by atoms with Gasteiger partial charge in [-0.3, -0.25) is 5.32 Å². The van der Waals surface area contributed by atoms with Crippen molar-refractivity contribution in [2.45, 2.75) is 12.2 Å². The molecular weight excluding hydrogens is 717 g/mol. The molecule has 0 spiro atoms. The number of benzene rings is 10. The molecule has 0 amide bonds. The van der Waals surface area contributed by atoms with Crippen molar-refractivity contribution in [1.29, 1.82) is 0 Å². The van der Waals surface area contributed by atoms with E-state index in [-0.39, 0.29) is 6.04 Å². The van der Waals surface area contributed by atoms with E-state index in [1.54, 1.807) is 0 Å². The molecule has 10 aromatic carbocycles. The zero-order valence-corrected chi connectivity index (χ0v) is 32.3. The van der Waals surface area contributed by atoms with Crippen LogP contribution in [0, 0.1) is 0 Å². The first-order chi connectivity index (χ1) is 29.1. The molecular formula is C56H40N2O. The van der Waals surface area contributed by atoms with Crippen LogP contribution in [-0.2, 0) is 0 Å². The van der Waals surface area contributed by atoms with Crippen molar-refractivity contribution in [3.05, 3.63) is 223 Å². The fourth-order valence-corrected chi connectivity index (χ4v) is 8.97. The highest BCUT2D eigenvalue weighted by molar-refractivity contribution is 6.14. The molecule has 1 aliphatic rings. The molecule has 0 saturated carbocycles. The van der Waals surface area contributed by atoms with Crippen LogP contribution in [0.1, 0.15) is 28.9 Å². The lowest BCUT2D eigenvalue weighted by molar-refractivity contribution is 0.487. The molecule has 3 N–H and O–H groups in total. The molecule has 280 valence electrons. The Morgan fingerprint density at radius 3 is 1.93 bits per heavy atom. The maximum absolute atomic E-state index is 7.10. The van der Waals surface area contributed by atoms with E-state index in [1.807, 2.05) is 6.07 Å². The molecule has 1 heterocycles. The van der Waals surface area contributed by atoms with Crippen LogP contribution in [0.3, 0.4) is 0 Å². The van der Waals surface area contributed by atoms with Crippen molar-refractivity contribution < 1.29 is 4.74 Å². The van der Waals surface area contributed by atoms with Crippen molar-refractivity contribution in [1.82, 2.24) is 5.32 Å². The average molecular weight is 757 g/mol. The van der Waals surface area contributed by atoms with Gasteiger partial charge >= 0.3 is 0 Å².